The van der Waals surface area contributed by atoms with Gasteiger partial charge in [-0.25, -0.2) is 0 Å². The van der Waals surface area contributed by atoms with Gasteiger partial charge in [0.1, 0.15) is 5.75 Å². The third-order valence-electron chi connectivity index (χ3n) is 2.87. The van der Waals surface area contributed by atoms with Gasteiger partial charge in [0.05, 0.1) is 7.11 Å². The van der Waals surface area contributed by atoms with Crippen molar-refractivity contribution in [2.24, 2.45) is 0 Å². The van der Waals surface area contributed by atoms with E-state index >= 15 is 0 Å². The van der Waals surface area contributed by atoms with Crippen molar-refractivity contribution < 1.29 is 19.4 Å². The summed E-state index contributed by atoms with van der Waals surface area (Å²) < 4.78 is 10.2. The van der Waals surface area contributed by atoms with Crippen LogP contribution in [0.5, 0.6) is 17.2 Å². The molecule has 0 saturated carbocycles. The van der Waals surface area contributed by atoms with Crippen molar-refractivity contribution in [1.29, 1.82) is 0 Å². The highest BCUT2D eigenvalue weighted by molar-refractivity contribution is 5.74. The lowest BCUT2D eigenvalue weighted by Gasteiger charge is -2.08. The number of benzene rings is 2. The van der Waals surface area contributed by atoms with E-state index in [1.807, 2.05) is 12.1 Å². The second-order valence-electron chi connectivity index (χ2n) is 4.24. The van der Waals surface area contributed by atoms with Gasteiger partial charge in [-0.2, -0.15) is 0 Å². The predicted molar refractivity (Wildman–Crippen MR) is 76.0 cm³/mol. The summed E-state index contributed by atoms with van der Waals surface area (Å²) in [4.78, 5) is 11.3. The summed E-state index contributed by atoms with van der Waals surface area (Å²) in [6, 6.07) is 12.3. The second-order valence-corrected chi connectivity index (χ2v) is 4.24. The molecule has 2 aromatic rings. The fourth-order valence-electron chi connectivity index (χ4n) is 1.81. The third kappa shape index (κ3) is 3.09. The summed E-state index contributed by atoms with van der Waals surface area (Å²) >= 11 is 0. The van der Waals surface area contributed by atoms with Crippen LogP contribution in [0.4, 0.5) is 0 Å². The standard InChI is InChI=1S/C16H16O4/c1-3-16(18)20-13-6-4-5-11(9-13)12-7-8-15(19-2)14(17)10-12/h4-10,17H,3H2,1-2H3. The maximum absolute atomic E-state index is 11.3. The van der Waals surface area contributed by atoms with Gasteiger partial charge in [0.15, 0.2) is 11.5 Å². The number of phenols is 1. The number of esters is 1. The van der Waals surface area contributed by atoms with Gasteiger partial charge in [-0.1, -0.05) is 25.1 Å². The molecule has 0 spiro atoms. The molecule has 0 bridgehead atoms. The minimum Gasteiger partial charge on any atom is -0.504 e. The van der Waals surface area contributed by atoms with Gasteiger partial charge >= 0.3 is 5.97 Å². The molecule has 1 N–H and O–H groups in total. The summed E-state index contributed by atoms with van der Waals surface area (Å²) in [6.45, 7) is 1.74. The summed E-state index contributed by atoms with van der Waals surface area (Å²) in [5.41, 5.74) is 1.67. The average molecular weight is 272 g/mol. The maximum Gasteiger partial charge on any atom is 0.310 e. The fourth-order valence-corrected chi connectivity index (χ4v) is 1.81. The molecule has 0 aliphatic carbocycles. The minimum atomic E-state index is -0.278. The lowest BCUT2D eigenvalue weighted by molar-refractivity contribution is -0.134. The van der Waals surface area contributed by atoms with Crippen LogP contribution in [0, 0.1) is 0 Å². The first-order valence-corrected chi connectivity index (χ1v) is 6.32. The SMILES string of the molecule is CCC(=O)Oc1cccc(-c2ccc(OC)c(O)c2)c1. The first-order valence-electron chi connectivity index (χ1n) is 6.32. The van der Waals surface area contributed by atoms with Crippen molar-refractivity contribution >= 4 is 5.97 Å². The van der Waals surface area contributed by atoms with E-state index in [2.05, 4.69) is 0 Å². The number of ether oxygens (including phenoxy) is 2. The van der Waals surface area contributed by atoms with Crippen LogP contribution in [0.3, 0.4) is 0 Å². The quantitative estimate of drug-likeness (QED) is 0.684. The Bertz CT molecular complexity index is 620. The Balaban J connectivity index is 2.31. The monoisotopic (exact) mass is 272 g/mol. The zero-order valence-corrected chi connectivity index (χ0v) is 11.4. The van der Waals surface area contributed by atoms with Gasteiger partial charge in [-0.3, -0.25) is 4.79 Å². The molecule has 4 nitrogen and oxygen atoms in total. The average Bonchev–Trinajstić information content (AvgIpc) is 2.47. The Morgan fingerprint density at radius 1 is 1.15 bits per heavy atom. The molecule has 2 rings (SSSR count). The lowest BCUT2D eigenvalue weighted by atomic mass is 10.0. The van der Waals surface area contributed by atoms with E-state index < -0.39 is 0 Å². The van der Waals surface area contributed by atoms with E-state index in [9.17, 15) is 9.90 Å². The van der Waals surface area contributed by atoms with Crippen LogP contribution >= 0.6 is 0 Å². The van der Waals surface area contributed by atoms with Crippen LogP contribution in [-0.4, -0.2) is 18.2 Å². The fraction of sp³-hybridized carbons (Fsp3) is 0.188. The van der Waals surface area contributed by atoms with Crippen molar-refractivity contribution in [2.75, 3.05) is 7.11 Å². The van der Waals surface area contributed by atoms with E-state index in [-0.39, 0.29) is 11.7 Å². The number of carbonyl (C=O) groups excluding carboxylic acids is 1. The number of hydrogen-bond acceptors (Lipinski definition) is 4. The number of hydrogen-bond donors (Lipinski definition) is 1. The molecule has 20 heavy (non-hydrogen) atoms. The predicted octanol–water partition coefficient (Wildman–Crippen LogP) is 3.38. The highest BCUT2D eigenvalue weighted by Crippen LogP contribution is 2.32. The molecule has 0 radical (unpaired) electrons. The van der Waals surface area contributed by atoms with Gasteiger partial charge in [0.25, 0.3) is 0 Å². The van der Waals surface area contributed by atoms with Crippen LogP contribution < -0.4 is 9.47 Å². The van der Waals surface area contributed by atoms with Gasteiger partial charge in [0, 0.05) is 6.42 Å². The minimum absolute atomic E-state index is 0.0703. The van der Waals surface area contributed by atoms with Crippen molar-refractivity contribution in [2.45, 2.75) is 13.3 Å². The molecule has 0 aliphatic rings. The highest BCUT2D eigenvalue weighted by atomic mass is 16.5. The van der Waals surface area contributed by atoms with Gasteiger partial charge < -0.3 is 14.6 Å². The summed E-state index contributed by atoms with van der Waals surface area (Å²) in [5.74, 6) is 0.702. The molecule has 0 aliphatic heterocycles. The first kappa shape index (κ1) is 13.9. The van der Waals surface area contributed by atoms with Gasteiger partial charge in [0.2, 0.25) is 0 Å². The van der Waals surface area contributed by atoms with E-state index in [1.165, 1.54) is 7.11 Å². The first-order chi connectivity index (χ1) is 9.63. The molecule has 0 atom stereocenters. The lowest BCUT2D eigenvalue weighted by Crippen LogP contribution is -2.05. The summed E-state index contributed by atoms with van der Waals surface area (Å²) in [5, 5.41) is 9.80. The number of aromatic hydroxyl groups is 1. The Morgan fingerprint density at radius 2 is 1.90 bits per heavy atom. The Hall–Kier alpha value is -2.49. The zero-order valence-electron chi connectivity index (χ0n) is 11.4. The number of rotatable bonds is 4. The van der Waals surface area contributed by atoms with Crippen LogP contribution in [0.2, 0.25) is 0 Å². The van der Waals surface area contributed by atoms with Gasteiger partial charge in [-0.15, -0.1) is 0 Å². The van der Waals surface area contributed by atoms with E-state index in [0.717, 1.165) is 11.1 Å². The molecule has 2 aromatic carbocycles. The van der Waals surface area contributed by atoms with Crippen molar-refractivity contribution in [3.63, 3.8) is 0 Å². The molecule has 0 amide bonds. The van der Waals surface area contributed by atoms with Gasteiger partial charge in [-0.05, 0) is 35.4 Å². The van der Waals surface area contributed by atoms with Crippen LogP contribution in [0.15, 0.2) is 42.5 Å². The highest BCUT2D eigenvalue weighted by Gasteiger charge is 2.07. The Kier molecular flexibility index (Phi) is 4.25. The second kappa shape index (κ2) is 6.10. The normalized spacial score (nSPS) is 10.1. The zero-order chi connectivity index (χ0) is 14.5. The maximum atomic E-state index is 11.3. The van der Waals surface area contributed by atoms with Crippen molar-refractivity contribution in [3.8, 4) is 28.4 Å². The van der Waals surface area contributed by atoms with Crippen LogP contribution in [-0.2, 0) is 4.79 Å². The molecule has 0 heterocycles. The number of carbonyl (C=O) groups is 1. The number of phenolic OH excluding ortho intramolecular Hbond substituents is 1. The van der Waals surface area contributed by atoms with Crippen LogP contribution in [0.1, 0.15) is 13.3 Å². The molecule has 0 fully saturated rings. The molecule has 4 heteroatoms. The molecule has 0 saturated heterocycles. The van der Waals surface area contributed by atoms with Crippen molar-refractivity contribution in [1.82, 2.24) is 0 Å². The summed E-state index contributed by atoms with van der Waals surface area (Å²) in [7, 11) is 1.50. The molecule has 104 valence electrons. The molecule has 0 unspecified atom stereocenters. The van der Waals surface area contributed by atoms with E-state index in [4.69, 9.17) is 9.47 Å². The molecular formula is C16H16O4. The van der Waals surface area contributed by atoms with E-state index in [0.29, 0.717) is 17.9 Å². The molecule has 0 aromatic heterocycles. The van der Waals surface area contributed by atoms with Crippen LogP contribution in [0.25, 0.3) is 11.1 Å². The van der Waals surface area contributed by atoms with Crippen molar-refractivity contribution in [3.05, 3.63) is 42.5 Å². The molecular weight excluding hydrogens is 256 g/mol. The summed E-state index contributed by atoms with van der Waals surface area (Å²) in [6.07, 6.45) is 0.327. The van der Waals surface area contributed by atoms with E-state index in [1.54, 1.807) is 37.3 Å². The smallest absolute Gasteiger partial charge is 0.310 e. The largest absolute Gasteiger partial charge is 0.504 e. The Morgan fingerprint density at radius 3 is 2.55 bits per heavy atom. The topological polar surface area (TPSA) is 55.8 Å². The third-order valence-corrected chi connectivity index (χ3v) is 2.87. The Labute approximate surface area is 117 Å². The number of methoxy groups -OCH3 is 1.